The van der Waals surface area contributed by atoms with Crippen LogP contribution in [0.4, 0.5) is 0 Å². The molecule has 2 atom stereocenters. The third-order valence-corrected chi connectivity index (χ3v) is 4.94. The SMILES string of the molecule is COc1ccc([C@H]2C[C@@H]2/C(C)=N\OC(=O)c2c(Cl)cccc2Cl)cc1. The topological polar surface area (TPSA) is 47.9 Å². The molecule has 25 heavy (non-hydrogen) atoms. The molecule has 0 spiro atoms. The Morgan fingerprint density at radius 1 is 1.12 bits per heavy atom. The van der Waals surface area contributed by atoms with Gasteiger partial charge in [-0.3, -0.25) is 0 Å². The smallest absolute Gasteiger partial charge is 0.368 e. The molecule has 0 saturated heterocycles. The average Bonchev–Trinajstić information content (AvgIpc) is 3.40. The first-order valence-electron chi connectivity index (χ1n) is 7.85. The summed E-state index contributed by atoms with van der Waals surface area (Å²) in [5, 5.41) is 4.47. The van der Waals surface area contributed by atoms with Crippen molar-refractivity contribution in [1.82, 2.24) is 0 Å². The summed E-state index contributed by atoms with van der Waals surface area (Å²) in [7, 11) is 1.64. The molecule has 0 unspecified atom stereocenters. The fourth-order valence-electron chi connectivity index (χ4n) is 2.80. The Hall–Kier alpha value is -2.04. The fraction of sp³-hybridized carbons (Fsp3) is 0.263. The van der Waals surface area contributed by atoms with Crippen LogP contribution in [0.25, 0.3) is 0 Å². The van der Waals surface area contributed by atoms with Crippen molar-refractivity contribution in [3.8, 4) is 5.75 Å². The van der Waals surface area contributed by atoms with E-state index in [1.165, 1.54) is 5.56 Å². The normalized spacial score (nSPS) is 19.4. The highest BCUT2D eigenvalue weighted by molar-refractivity contribution is 6.39. The van der Waals surface area contributed by atoms with Crippen LogP contribution in [0.3, 0.4) is 0 Å². The van der Waals surface area contributed by atoms with Crippen LogP contribution in [0, 0.1) is 5.92 Å². The molecule has 2 aromatic carbocycles. The van der Waals surface area contributed by atoms with Crippen LogP contribution < -0.4 is 4.74 Å². The lowest BCUT2D eigenvalue weighted by Gasteiger charge is -2.05. The first kappa shape index (κ1) is 17.8. The van der Waals surface area contributed by atoms with Crippen LogP contribution in [-0.2, 0) is 4.84 Å². The maximum atomic E-state index is 12.1. The van der Waals surface area contributed by atoms with Gasteiger partial charge >= 0.3 is 5.97 Å². The van der Waals surface area contributed by atoms with E-state index >= 15 is 0 Å². The summed E-state index contributed by atoms with van der Waals surface area (Å²) in [6.07, 6.45) is 0.978. The first-order chi connectivity index (χ1) is 12.0. The second-order valence-electron chi connectivity index (χ2n) is 5.93. The fourth-order valence-corrected chi connectivity index (χ4v) is 3.35. The number of rotatable bonds is 5. The van der Waals surface area contributed by atoms with Crippen LogP contribution >= 0.6 is 23.2 Å². The van der Waals surface area contributed by atoms with Gasteiger partial charge in [0.15, 0.2) is 0 Å². The molecule has 0 N–H and O–H groups in total. The molecule has 1 saturated carbocycles. The predicted molar refractivity (Wildman–Crippen MR) is 98.8 cm³/mol. The summed E-state index contributed by atoms with van der Waals surface area (Å²) in [5.74, 6) is 0.827. The Morgan fingerprint density at radius 3 is 2.36 bits per heavy atom. The predicted octanol–water partition coefficient (Wildman–Crippen LogP) is 5.34. The van der Waals surface area contributed by atoms with Crippen LogP contribution in [-0.4, -0.2) is 18.8 Å². The van der Waals surface area contributed by atoms with E-state index < -0.39 is 5.97 Å². The molecule has 0 aromatic heterocycles. The third-order valence-electron chi connectivity index (χ3n) is 4.31. The lowest BCUT2D eigenvalue weighted by molar-refractivity contribution is 0.0515. The average molecular weight is 378 g/mol. The quantitative estimate of drug-likeness (QED) is 0.401. The minimum Gasteiger partial charge on any atom is -0.497 e. The zero-order valence-electron chi connectivity index (χ0n) is 13.8. The highest BCUT2D eigenvalue weighted by Gasteiger charge is 2.41. The largest absolute Gasteiger partial charge is 0.497 e. The number of nitrogens with zero attached hydrogens (tertiary/aromatic N) is 1. The molecular formula is C19H17Cl2NO3. The van der Waals surface area contributed by atoms with E-state index in [4.69, 9.17) is 32.8 Å². The van der Waals surface area contributed by atoms with Gasteiger partial charge in [0.2, 0.25) is 0 Å². The van der Waals surface area contributed by atoms with Gasteiger partial charge in [-0.1, -0.05) is 46.6 Å². The van der Waals surface area contributed by atoms with Gasteiger partial charge in [-0.15, -0.1) is 0 Å². The van der Waals surface area contributed by atoms with Crippen molar-refractivity contribution in [2.45, 2.75) is 19.3 Å². The number of ether oxygens (including phenoxy) is 1. The molecule has 1 aliphatic carbocycles. The maximum absolute atomic E-state index is 12.1. The van der Waals surface area contributed by atoms with Crippen molar-refractivity contribution in [2.75, 3.05) is 7.11 Å². The summed E-state index contributed by atoms with van der Waals surface area (Å²) in [6.45, 7) is 1.86. The highest BCUT2D eigenvalue weighted by Crippen LogP contribution is 2.48. The summed E-state index contributed by atoms with van der Waals surface area (Å²) in [6, 6.07) is 12.8. The van der Waals surface area contributed by atoms with Gasteiger partial charge in [0.25, 0.3) is 0 Å². The van der Waals surface area contributed by atoms with Crippen LogP contribution in [0.1, 0.15) is 35.2 Å². The number of carbonyl (C=O) groups is 1. The van der Waals surface area contributed by atoms with Crippen LogP contribution in [0.2, 0.25) is 10.0 Å². The van der Waals surface area contributed by atoms with Gasteiger partial charge in [0.1, 0.15) is 5.75 Å². The Kier molecular flexibility index (Phi) is 5.30. The minimum absolute atomic E-state index is 0.130. The van der Waals surface area contributed by atoms with Crippen molar-refractivity contribution in [1.29, 1.82) is 0 Å². The number of hydrogen-bond donors (Lipinski definition) is 0. The molecule has 0 bridgehead atoms. The van der Waals surface area contributed by atoms with Gasteiger partial charge in [-0.05, 0) is 49.1 Å². The summed E-state index contributed by atoms with van der Waals surface area (Å²) in [5.41, 5.74) is 2.13. The first-order valence-corrected chi connectivity index (χ1v) is 8.60. The number of hydrogen-bond acceptors (Lipinski definition) is 4. The molecule has 0 amide bonds. The van der Waals surface area contributed by atoms with Crippen molar-refractivity contribution in [2.24, 2.45) is 11.1 Å². The number of carbonyl (C=O) groups excluding carboxylic acids is 1. The Balaban J connectivity index is 1.64. The monoisotopic (exact) mass is 377 g/mol. The number of oxime groups is 1. The van der Waals surface area contributed by atoms with Gasteiger partial charge < -0.3 is 9.57 Å². The van der Waals surface area contributed by atoms with E-state index in [-0.39, 0.29) is 21.5 Å². The zero-order valence-corrected chi connectivity index (χ0v) is 15.3. The second kappa shape index (κ2) is 7.46. The standard InChI is InChI=1S/C19H17Cl2NO3/c1-11(14-10-15(14)12-6-8-13(24-2)9-7-12)22-25-19(23)18-16(20)4-3-5-17(18)21/h3-9,14-15H,10H2,1-2H3/b22-11-/t14-,15-/m1/s1. The van der Waals surface area contributed by atoms with E-state index in [2.05, 4.69) is 5.16 Å². The molecule has 3 rings (SSSR count). The number of benzene rings is 2. The molecular weight excluding hydrogens is 361 g/mol. The molecule has 0 heterocycles. The van der Waals surface area contributed by atoms with Gasteiger partial charge in [-0.2, -0.15) is 0 Å². The van der Waals surface area contributed by atoms with Crippen LogP contribution in [0.15, 0.2) is 47.6 Å². The molecule has 2 aromatic rings. The lowest BCUT2D eigenvalue weighted by Crippen LogP contribution is -2.06. The zero-order chi connectivity index (χ0) is 18.0. The molecule has 1 aliphatic rings. The minimum atomic E-state index is -0.656. The molecule has 0 radical (unpaired) electrons. The van der Waals surface area contributed by atoms with E-state index in [0.29, 0.717) is 5.92 Å². The molecule has 6 heteroatoms. The highest BCUT2D eigenvalue weighted by atomic mass is 35.5. The van der Waals surface area contributed by atoms with Gasteiger partial charge in [0.05, 0.1) is 28.4 Å². The van der Waals surface area contributed by atoms with Crippen molar-refractivity contribution >= 4 is 34.9 Å². The lowest BCUT2D eigenvalue weighted by atomic mass is 10.1. The Morgan fingerprint density at radius 2 is 1.76 bits per heavy atom. The van der Waals surface area contributed by atoms with E-state index in [1.54, 1.807) is 25.3 Å². The molecule has 1 fully saturated rings. The van der Waals surface area contributed by atoms with Gasteiger partial charge in [-0.25, -0.2) is 4.79 Å². The summed E-state index contributed by atoms with van der Waals surface area (Å²) >= 11 is 12.0. The van der Waals surface area contributed by atoms with Crippen LogP contribution in [0.5, 0.6) is 5.75 Å². The van der Waals surface area contributed by atoms with E-state index in [0.717, 1.165) is 17.9 Å². The van der Waals surface area contributed by atoms with Crippen molar-refractivity contribution < 1.29 is 14.4 Å². The van der Waals surface area contributed by atoms with E-state index in [9.17, 15) is 4.79 Å². The molecule has 4 nitrogen and oxygen atoms in total. The molecule has 130 valence electrons. The summed E-state index contributed by atoms with van der Waals surface area (Å²) < 4.78 is 5.17. The van der Waals surface area contributed by atoms with E-state index in [1.807, 2.05) is 31.2 Å². The molecule has 0 aliphatic heterocycles. The van der Waals surface area contributed by atoms with Gasteiger partial charge in [0, 0.05) is 5.92 Å². The third kappa shape index (κ3) is 3.97. The number of halogens is 2. The Labute approximate surface area is 156 Å². The van der Waals surface area contributed by atoms with Crippen molar-refractivity contribution in [3.63, 3.8) is 0 Å². The number of methoxy groups -OCH3 is 1. The Bertz CT molecular complexity index is 798. The maximum Gasteiger partial charge on any atom is 0.368 e. The second-order valence-corrected chi connectivity index (χ2v) is 6.74. The van der Waals surface area contributed by atoms with Crippen molar-refractivity contribution in [3.05, 3.63) is 63.6 Å². The summed E-state index contributed by atoms with van der Waals surface area (Å²) in [4.78, 5) is 17.2.